The van der Waals surface area contributed by atoms with Gasteiger partial charge in [-0.1, -0.05) is 24.3 Å². The monoisotopic (exact) mass is 371 g/mol. The number of morpholine rings is 1. The quantitative estimate of drug-likeness (QED) is 0.624. The largest absolute Gasteiger partial charge is 0.508 e. The average molecular weight is 371 g/mol. The summed E-state index contributed by atoms with van der Waals surface area (Å²) in [4.78, 5) is 14.3. The fourth-order valence-electron chi connectivity index (χ4n) is 2.93. The third-order valence-electron chi connectivity index (χ3n) is 4.43. The molecule has 1 aliphatic heterocycles. The van der Waals surface area contributed by atoms with Gasteiger partial charge in [0.2, 0.25) is 0 Å². The minimum Gasteiger partial charge on any atom is -0.508 e. The maximum Gasteiger partial charge on any atom is 0.319 e. The number of nitrogens with zero attached hydrogens (tertiary/aromatic N) is 1. The number of rotatable bonds is 6. The fourth-order valence-corrected chi connectivity index (χ4v) is 2.93. The first-order chi connectivity index (χ1) is 13.1. The molecule has 1 atom stereocenters. The van der Waals surface area contributed by atoms with Crippen molar-refractivity contribution in [1.82, 2.24) is 10.2 Å². The molecule has 1 aliphatic rings. The number of aromatic hydroxyl groups is 1. The Morgan fingerprint density at radius 1 is 1.15 bits per heavy atom. The molecule has 1 fully saturated rings. The Morgan fingerprint density at radius 3 is 2.59 bits per heavy atom. The van der Waals surface area contributed by atoms with E-state index < -0.39 is 12.1 Å². The molecule has 0 unspecified atom stereocenters. The zero-order valence-corrected chi connectivity index (χ0v) is 15.1. The standard InChI is InChI=1S/C20H25N3O4/c24-18-3-1-2-16(12-18)19(25)13-21-20(26)22-17-6-4-15(5-7-17)14-23-8-10-27-11-9-23/h1-7,12,19,24-25H,8-11,13-14H2,(H2,21,22,26)/t19-/m1/s1. The van der Waals surface area contributed by atoms with E-state index in [0.717, 1.165) is 32.8 Å². The van der Waals surface area contributed by atoms with E-state index in [4.69, 9.17) is 4.74 Å². The van der Waals surface area contributed by atoms with Crippen LogP contribution in [0.3, 0.4) is 0 Å². The number of ether oxygens (including phenoxy) is 1. The lowest BCUT2D eigenvalue weighted by molar-refractivity contribution is 0.0342. The Balaban J connectivity index is 1.44. The van der Waals surface area contributed by atoms with Gasteiger partial charge < -0.3 is 25.6 Å². The highest BCUT2D eigenvalue weighted by Gasteiger charge is 2.12. The number of nitrogens with one attached hydrogen (secondary N) is 2. The molecule has 2 aromatic rings. The number of hydrogen-bond acceptors (Lipinski definition) is 5. The van der Waals surface area contributed by atoms with Gasteiger partial charge in [-0.25, -0.2) is 4.79 Å². The van der Waals surface area contributed by atoms with Crippen LogP contribution in [-0.2, 0) is 11.3 Å². The second kappa shape index (κ2) is 9.36. The van der Waals surface area contributed by atoms with Gasteiger partial charge in [-0.05, 0) is 35.4 Å². The van der Waals surface area contributed by atoms with Gasteiger partial charge in [0.05, 0.1) is 19.3 Å². The molecule has 0 aromatic heterocycles. The first-order valence-electron chi connectivity index (χ1n) is 9.01. The molecule has 27 heavy (non-hydrogen) atoms. The van der Waals surface area contributed by atoms with Crippen LogP contribution in [0.1, 0.15) is 17.2 Å². The Morgan fingerprint density at radius 2 is 1.89 bits per heavy atom. The molecule has 7 heteroatoms. The van der Waals surface area contributed by atoms with E-state index in [1.54, 1.807) is 12.1 Å². The lowest BCUT2D eigenvalue weighted by Gasteiger charge is -2.26. The number of phenols is 1. The van der Waals surface area contributed by atoms with E-state index >= 15 is 0 Å². The maximum absolute atomic E-state index is 12.0. The number of aliphatic hydroxyl groups excluding tert-OH is 1. The maximum atomic E-state index is 12.0. The van der Waals surface area contributed by atoms with Crippen molar-refractivity contribution in [3.63, 3.8) is 0 Å². The van der Waals surface area contributed by atoms with Gasteiger partial charge in [0.1, 0.15) is 5.75 Å². The Kier molecular flexibility index (Phi) is 6.64. The Labute approximate surface area is 158 Å². The van der Waals surface area contributed by atoms with Crippen LogP contribution in [0.4, 0.5) is 10.5 Å². The summed E-state index contributed by atoms with van der Waals surface area (Å²) in [7, 11) is 0. The normalized spacial score (nSPS) is 15.9. The van der Waals surface area contributed by atoms with E-state index in [1.807, 2.05) is 24.3 Å². The molecule has 1 heterocycles. The van der Waals surface area contributed by atoms with Crippen LogP contribution in [0.5, 0.6) is 5.75 Å². The second-order valence-corrected chi connectivity index (χ2v) is 6.53. The number of aliphatic hydroxyl groups is 1. The molecule has 0 bridgehead atoms. The molecular formula is C20H25N3O4. The SMILES string of the molecule is O=C(NC[C@@H](O)c1cccc(O)c1)Nc1ccc(CN2CCOCC2)cc1. The van der Waals surface area contributed by atoms with Crippen molar-refractivity contribution in [3.05, 3.63) is 59.7 Å². The number of carbonyl (C=O) groups is 1. The topological polar surface area (TPSA) is 94.1 Å². The van der Waals surface area contributed by atoms with Crippen molar-refractivity contribution in [1.29, 1.82) is 0 Å². The van der Waals surface area contributed by atoms with Gasteiger partial charge in [-0.2, -0.15) is 0 Å². The Hall–Kier alpha value is -2.61. The van der Waals surface area contributed by atoms with Gasteiger partial charge in [-0.15, -0.1) is 0 Å². The zero-order valence-electron chi connectivity index (χ0n) is 15.1. The van der Waals surface area contributed by atoms with E-state index in [2.05, 4.69) is 15.5 Å². The third-order valence-corrected chi connectivity index (χ3v) is 4.43. The van der Waals surface area contributed by atoms with Crippen molar-refractivity contribution in [2.24, 2.45) is 0 Å². The summed E-state index contributed by atoms with van der Waals surface area (Å²) in [5.41, 5.74) is 2.41. The predicted molar refractivity (Wildman–Crippen MR) is 103 cm³/mol. The molecule has 0 saturated carbocycles. The van der Waals surface area contributed by atoms with Crippen molar-refractivity contribution in [2.45, 2.75) is 12.6 Å². The number of urea groups is 1. The molecule has 4 N–H and O–H groups in total. The second-order valence-electron chi connectivity index (χ2n) is 6.53. The Bertz CT molecular complexity index is 745. The van der Waals surface area contributed by atoms with E-state index in [1.165, 1.54) is 17.7 Å². The first-order valence-corrected chi connectivity index (χ1v) is 9.01. The van der Waals surface area contributed by atoms with Crippen molar-refractivity contribution in [2.75, 3.05) is 38.2 Å². The molecule has 1 saturated heterocycles. The van der Waals surface area contributed by atoms with E-state index in [-0.39, 0.29) is 12.3 Å². The van der Waals surface area contributed by atoms with Crippen molar-refractivity contribution >= 4 is 11.7 Å². The van der Waals surface area contributed by atoms with E-state index in [9.17, 15) is 15.0 Å². The fraction of sp³-hybridized carbons (Fsp3) is 0.350. The van der Waals surface area contributed by atoms with Gasteiger partial charge in [-0.3, -0.25) is 4.90 Å². The summed E-state index contributed by atoms with van der Waals surface area (Å²) in [5, 5.41) is 24.9. The summed E-state index contributed by atoms with van der Waals surface area (Å²) < 4.78 is 5.35. The number of hydrogen-bond donors (Lipinski definition) is 4. The zero-order chi connectivity index (χ0) is 19.1. The number of amides is 2. The van der Waals surface area contributed by atoms with E-state index in [0.29, 0.717) is 11.3 Å². The summed E-state index contributed by atoms with van der Waals surface area (Å²) in [5.74, 6) is 0.0770. The molecule has 2 amide bonds. The van der Waals surface area contributed by atoms with Crippen LogP contribution in [0.2, 0.25) is 0 Å². The average Bonchev–Trinajstić information content (AvgIpc) is 2.68. The van der Waals surface area contributed by atoms with Gasteiger partial charge in [0.25, 0.3) is 0 Å². The van der Waals surface area contributed by atoms with Crippen LogP contribution in [-0.4, -0.2) is 54.0 Å². The predicted octanol–water partition coefficient (Wildman–Crippen LogP) is 2.08. The summed E-state index contributed by atoms with van der Waals surface area (Å²) in [6.07, 6.45) is -0.890. The summed E-state index contributed by atoms with van der Waals surface area (Å²) in [6, 6.07) is 13.6. The highest BCUT2D eigenvalue weighted by Crippen LogP contribution is 2.17. The molecule has 0 aliphatic carbocycles. The lowest BCUT2D eigenvalue weighted by Crippen LogP contribution is -2.35. The molecule has 0 spiro atoms. The molecule has 144 valence electrons. The minimum absolute atomic E-state index is 0.0460. The van der Waals surface area contributed by atoms with Crippen molar-refractivity contribution in [3.8, 4) is 5.75 Å². The van der Waals surface area contributed by atoms with Crippen molar-refractivity contribution < 1.29 is 19.7 Å². The molecule has 0 radical (unpaired) electrons. The minimum atomic E-state index is -0.890. The van der Waals surface area contributed by atoms with Gasteiger partial charge >= 0.3 is 6.03 Å². The molecular weight excluding hydrogens is 346 g/mol. The number of carbonyl (C=O) groups excluding carboxylic acids is 1. The number of phenolic OH excluding ortho intramolecular Hbond substituents is 1. The van der Waals surface area contributed by atoms with Crippen LogP contribution in [0.15, 0.2) is 48.5 Å². The summed E-state index contributed by atoms with van der Waals surface area (Å²) >= 11 is 0. The van der Waals surface area contributed by atoms with Crippen LogP contribution >= 0.6 is 0 Å². The van der Waals surface area contributed by atoms with Gasteiger partial charge in [0, 0.05) is 31.9 Å². The van der Waals surface area contributed by atoms with Gasteiger partial charge in [0.15, 0.2) is 0 Å². The van der Waals surface area contributed by atoms with Crippen LogP contribution in [0, 0.1) is 0 Å². The van der Waals surface area contributed by atoms with Crippen LogP contribution < -0.4 is 10.6 Å². The molecule has 2 aromatic carbocycles. The molecule has 7 nitrogen and oxygen atoms in total. The first kappa shape index (κ1) is 19.2. The lowest BCUT2D eigenvalue weighted by atomic mass is 10.1. The highest BCUT2D eigenvalue weighted by atomic mass is 16.5. The number of anilines is 1. The highest BCUT2D eigenvalue weighted by molar-refractivity contribution is 5.89. The number of benzene rings is 2. The molecule has 3 rings (SSSR count). The summed E-state index contributed by atoms with van der Waals surface area (Å²) in [6.45, 7) is 4.33. The third kappa shape index (κ3) is 5.96. The van der Waals surface area contributed by atoms with Crippen LogP contribution in [0.25, 0.3) is 0 Å². The smallest absolute Gasteiger partial charge is 0.319 e.